The van der Waals surface area contributed by atoms with Gasteiger partial charge in [0.2, 0.25) is 17.7 Å². The van der Waals surface area contributed by atoms with E-state index in [1.165, 1.54) is 12.1 Å². The average Bonchev–Trinajstić information content (AvgIpc) is 3.14. The second-order valence-corrected chi connectivity index (χ2v) is 8.61. The fraction of sp³-hybridized carbons (Fsp3) is 0.240. The van der Waals surface area contributed by atoms with Crippen LogP contribution in [-0.4, -0.2) is 75.4 Å². The Bertz CT molecular complexity index is 1440. The van der Waals surface area contributed by atoms with Crippen LogP contribution in [0.1, 0.15) is 39.1 Å². The van der Waals surface area contributed by atoms with E-state index in [1.807, 2.05) is 0 Å². The van der Waals surface area contributed by atoms with Crippen molar-refractivity contribution >= 4 is 52.8 Å². The highest BCUT2D eigenvalue weighted by Gasteiger charge is 2.45. The van der Waals surface area contributed by atoms with E-state index < -0.39 is 53.7 Å². The zero-order valence-electron chi connectivity index (χ0n) is 20.8. The predicted molar refractivity (Wildman–Crippen MR) is 132 cm³/mol. The van der Waals surface area contributed by atoms with Gasteiger partial charge in [-0.25, -0.2) is 4.79 Å². The maximum atomic E-state index is 13.1. The second-order valence-electron chi connectivity index (χ2n) is 8.61. The van der Waals surface area contributed by atoms with Gasteiger partial charge in [0, 0.05) is 17.8 Å². The minimum atomic E-state index is -5.08. The molecular weight excluding hydrogens is 557 g/mol. The highest BCUT2D eigenvalue weighted by atomic mass is 19.4. The molecule has 5 amide bonds. The third-order valence-corrected chi connectivity index (χ3v) is 5.78. The second kappa shape index (κ2) is 12.3. The molecule has 0 aliphatic carbocycles. The molecule has 2 aromatic carbocycles. The number of imide groups is 2. The Labute approximate surface area is 228 Å². The first kappa shape index (κ1) is 30.3. The van der Waals surface area contributed by atoms with Crippen molar-refractivity contribution in [2.75, 3.05) is 17.2 Å². The van der Waals surface area contributed by atoms with Crippen LogP contribution < -0.4 is 16.0 Å². The van der Waals surface area contributed by atoms with Gasteiger partial charge in [0.1, 0.15) is 6.04 Å². The number of carboxylic acid groups (broad SMARTS) is 2. The van der Waals surface area contributed by atoms with E-state index in [1.54, 1.807) is 30.3 Å². The first-order valence-corrected chi connectivity index (χ1v) is 11.7. The third kappa shape index (κ3) is 7.23. The number of alkyl halides is 3. The largest absolute Gasteiger partial charge is 0.490 e. The van der Waals surface area contributed by atoms with E-state index in [-0.39, 0.29) is 42.6 Å². The van der Waals surface area contributed by atoms with Crippen molar-refractivity contribution in [2.24, 2.45) is 0 Å². The number of carboxylic acids is 2. The van der Waals surface area contributed by atoms with Crippen LogP contribution in [0.3, 0.4) is 0 Å². The molecule has 0 aromatic heterocycles. The van der Waals surface area contributed by atoms with Gasteiger partial charge in [0.15, 0.2) is 0 Å². The highest BCUT2D eigenvalue weighted by molar-refractivity contribution is 6.25. The molecule has 4 rings (SSSR count). The van der Waals surface area contributed by atoms with Crippen LogP contribution in [0.15, 0.2) is 42.5 Å². The minimum absolute atomic E-state index is 0.0123. The molecule has 5 N–H and O–H groups in total. The number of amides is 5. The van der Waals surface area contributed by atoms with Crippen LogP contribution in [0.25, 0.3) is 0 Å². The molecule has 2 aliphatic rings. The molecule has 2 aromatic rings. The summed E-state index contributed by atoms with van der Waals surface area (Å²) in [6.45, 7) is -0.266. The number of anilines is 2. The molecule has 0 spiro atoms. The minimum Gasteiger partial charge on any atom is -0.481 e. The Hall–Kier alpha value is -5.28. The molecule has 1 atom stereocenters. The molecule has 41 heavy (non-hydrogen) atoms. The Balaban J connectivity index is 0.000000587. The van der Waals surface area contributed by atoms with Crippen LogP contribution in [0, 0.1) is 0 Å². The summed E-state index contributed by atoms with van der Waals surface area (Å²) in [6.07, 6.45) is -5.29. The molecule has 0 bridgehead atoms. The summed E-state index contributed by atoms with van der Waals surface area (Å²) < 4.78 is 31.7. The Morgan fingerprint density at radius 3 is 2.20 bits per heavy atom. The molecule has 16 heteroatoms. The maximum absolute atomic E-state index is 13.1. The normalized spacial score (nSPS) is 16.3. The summed E-state index contributed by atoms with van der Waals surface area (Å²) in [5, 5.41) is 23.8. The van der Waals surface area contributed by atoms with E-state index in [2.05, 4.69) is 16.0 Å². The monoisotopic (exact) mass is 578 g/mol. The Morgan fingerprint density at radius 1 is 0.951 bits per heavy atom. The number of rotatable bonds is 7. The van der Waals surface area contributed by atoms with Gasteiger partial charge in [-0.15, -0.1) is 0 Å². The van der Waals surface area contributed by atoms with E-state index in [0.29, 0.717) is 11.3 Å². The summed E-state index contributed by atoms with van der Waals surface area (Å²) in [7, 11) is 0. The zero-order valence-corrected chi connectivity index (χ0v) is 20.8. The number of carbonyl (C=O) groups is 7. The van der Waals surface area contributed by atoms with E-state index >= 15 is 0 Å². The van der Waals surface area contributed by atoms with E-state index in [4.69, 9.17) is 15.0 Å². The molecule has 2 aliphatic heterocycles. The number of carbonyl (C=O) groups excluding carboxylic acids is 5. The molecular formula is C25H21F3N4O9. The van der Waals surface area contributed by atoms with Crippen molar-refractivity contribution in [1.29, 1.82) is 0 Å². The standard InChI is InChI=1S/C23H20N4O7.C2HF3O2/c28-17-9-8-16(21(32)26-17)27-22(33)13-5-3-7-15(20(13)23(27)34)24-11-18(29)25-14-6-2-1-4-12(14)10-19(30)31;3-2(4,5)1(6)7/h1-7,16,24H,8-11H2,(H,25,29)(H,30,31)(H,26,28,32);(H,6,7). The first-order chi connectivity index (χ1) is 19.2. The number of nitrogens with zero attached hydrogens (tertiary/aromatic N) is 1. The van der Waals surface area contributed by atoms with Gasteiger partial charge in [0.05, 0.1) is 24.1 Å². The topological polar surface area (TPSA) is 199 Å². The van der Waals surface area contributed by atoms with Gasteiger partial charge in [-0.1, -0.05) is 24.3 Å². The number of fused-ring (bicyclic) bond motifs is 1. The number of benzene rings is 2. The molecule has 0 saturated carbocycles. The number of hydrogen-bond donors (Lipinski definition) is 5. The van der Waals surface area contributed by atoms with Crippen molar-refractivity contribution < 1.29 is 56.9 Å². The number of hydrogen-bond acceptors (Lipinski definition) is 8. The van der Waals surface area contributed by atoms with Crippen LogP contribution >= 0.6 is 0 Å². The fourth-order valence-corrected chi connectivity index (χ4v) is 3.99. The fourth-order valence-electron chi connectivity index (χ4n) is 3.99. The lowest BCUT2D eigenvalue weighted by Gasteiger charge is -2.27. The summed E-state index contributed by atoms with van der Waals surface area (Å²) >= 11 is 0. The summed E-state index contributed by atoms with van der Waals surface area (Å²) in [6, 6.07) is 9.93. The van der Waals surface area contributed by atoms with Crippen molar-refractivity contribution in [3.63, 3.8) is 0 Å². The Morgan fingerprint density at radius 2 is 1.59 bits per heavy atom. The van der Waals surface area contributed by atoms with Crippen molar-refractivity contribution in [3.05, 3.63) is 59.2 Å². The van der Waals surface area contributed by atoms with Crippen LogP contribution in [0.2, 0.25) is 0 Å². The number of para-hydroxylation sites is 1. The van der Waals surface area contributed by atoms with Crippen molar-refractivity contribution in [1.82, 2.24) is 10.2 Å². The molecule has 216 valence electrons. The summed E-state index contributed by atoms with van der Waals surface area (Å²) in [5.41, 5.74) is 1.15. The summed E-state index contributed by atoms with van der Waals surface area (Å²) in [4.78, 5) is 82.9. The van der Waals surface area contributed by atoms with Gasteiger partial charge in [-0.05, 0) is 30.2 Å². The lowest BCUT2D eigenvalue weighted by Crippen LogP contribution is -2.54. The van der Waals surface area contributed by atoms with Crippen molar-refractivity contribution in [3.8, 4) is 0 Å². The van der Waals surface area contributed by atoms with E-state index in [9.17, 15) is 41.9 Å². The van der Waals surface area contributed by atoms with Crippen LogP contribution in [0.5, 0.6) is 0 Å². The van der Waals surface area contributed by atoms with Crippen molar-refractivity contribution in [2.45, 2.75) is 31.5 Å². The lowest BCUT2D eigenvalue weighted by molar-refractivity contribution is -0.192. The molecule has 1 unspecified atom stereocenters. The molecule has 2 heterocycles. The van der Waals surface area contributed by atoms with Gasteiger partial charge < -0.3 is 20.8 Å². The SMILES string of the molecule is O=C(O)C(F)(F)F.O=C(O)Cc1ccccc1NC(=O)CNc1cccc2c1C(=O)N(C1CCC(=O)NC1=O)C2=O. The lowest BCUT2D eigenvalue weighted by atomic mass is 10.0. The zero-order chi connectivity index (χ0) is 30.5. The van der Waals surface area contributed by atoms with Crippen LogP contribution in [0.4, 0.5) is 24.5 Å². The third-order valence-electron chi connectivity index (χ3n) is 5.78. The first-order valence-electron chi connectivity index (χ1n) is 11.7. The smallest absolute Gasteiger partial charge is 0.481 e. The summed E-state index contributed by atoms with van der Waals surface area (Å²) in [5.74, 6) is -6.80. The number of aliphatic carboxylic acids is 2. The van der Waals surface area contributed by atoms with Crippen LogP contribution in [-0.2, 0) is 30.4 Å². The number of nitrogens with one attached hydrogen (secondary N) is 3. The quantitative estimate of drug-likeness (QED) is 0.299. The average molecular weight is 578 g/mol. The van der Waals surface area contributed by atoms with Gasteiger partial charge in [0.25, 0.3) is 11.8 Å². The van der Waals surface area contributed by atoms with Gasteiger partial charge in [-0.2, -0.15) is 13.2 Å². The predicted octanol–water partition coefficient (Wildman–Crippen LogP) is 1.40. The molecule has 1 saturated heterocycles. The van der Waals surface area contributed by atoms with Gasteiger partial charge >= 0.3 is 18.1 Å². The number of halogens is 3. The highest BCUT2D eigenvalue weighted by Crippen LogP contribution is 2.32. The molecule has 0 radical (unpaired) electrons. The van der Waals surface area contributed by atoms with E-state index in [0.717, 1.165) is 4.90 Å². The maximum Gasteiger partial charge on any atom is 0.490 e. The molecule has 13 nitrogen and oxygen atoms in total. The van der Waals surface area contributed by atoms with Gasteiger partial charge in [-0.3, -0.25) is 39.0 Å². The molecule has 1 fully saturated rings. The number of piperidine rings is 1. The Kier molecular flexibility index (Phi) is 9.06.